The molecule has 1 saturated heterocycles. The van der Waals surface area contributed by atoms with Crippen molar-refractivity contribution in [3.8, 4) is 0 Å². The molecule has 2 fully saturated rings. The molecule has 2 aliphatic rings. The van der Waals surface area contributed by atoms with Crippen LogP contribution in [-0.2, 0) is 9.53 Å². The predicted molar refractivity (Wildman–Crippen MR) is 80.7 cm³/mol. The standard InChI is InChI=1S/C16H30N2O2/c1-15(2)9-5-11-18(15)12-6-10-16(3,14(19)20-4)17-13-7-8-13/h13,17H,5-12H2,1-4H3. The van der Waals surface area contributed by atoms with Crippen molar-refractivity contribution in [1.82, 2.24) is 10.2 Å². The van der Waals surface area contributed by atoms with E-state index in [9.17, 15) is 4.79 Å². The Bertz CT molecular complexity index is 352. The molecule has 4 nitrogen and oxygen atoms in total. The van der Waals surface area contributed by atoms with Gasteiger partial charge in [0, 0.05) is 11.6 Å². The Morgan fingerprint density at radius 2 is 2.15 bits per heavy atom. The van der Waals surface area contributed by atoms with Gasteiger partial charge in [0.05, 0.1) is 7.11 Å². The number of rotatable bonds is 7. The summed E-state index contributed by atoms with van der Waals surface area (Å²) >= 11 is 0. The van der Waals surface area contributed by atoms with Gasteiger partial charge in [-0.25, -0.2) is 0 Å². The molecule has 0 radical (unpaired) electrons. The van der Waals surface area contributed by atoms with Crippen LogP contribution in [0.4, 0.5) is 0 Å². The lowest BCUT2D eigenvalue weighted by Crippen LogP contribution is -2.51. The Labute approximate surface area is 123 Å². The third-order valence-corrected chi connectivity index (χ3v) is 4.91. The van der Waals surface area contributed by atoms with Crippen molar-refractivity contribution < 1.29 is 9.53 Å². The molecule has 0 spiro atoms. The van der Waals surface area contributed by atoms with Gasteiger partial charge < -0.3 is 4.74 Å². The van der Waals surface area contributed by atoms with Crippen LogP contribution in [0.25, 0.3) is 0 Å². The average Bonchev–Trinajstić information content (AvgIpc) is 3.13. The molecule has 1 aliphatic carbocycles. The molecule has 0 aromatic carbocycles. The number of likely N-dealkylation sites (tertiary alicyclic amines) is 1. The zero-order chi connectivity index (χ0) is 14.8. The van der Waals surface area contributed by atoms with Crippen LogP contribution in [0, 0.1) is 0 Å². The maximum Gasteiger partial charge on any atom is 0.325 e. The monoisotopic (exact) mass is 282 g/mol. The summed E-state index contributed by atoms with van der Waals surface area (Å²) in [6.45, 7) is 8.90. The molecule has 2 rings (SSSR count). The van der Waals surface area contributed by atoms with Crippen molar-refractivity contribution in [2.24, 2.45) is 0 Å². The Morgan fingerprint density at radius 1 is 1.45 bits per heavy atom. The van der Waals surface area contributed by atoms with Crippen molar-refractivity contribution in [2.45, 2.75) is 76.4 Å². The highest BCUT2D eigenvalue weighted by molar-refractivity contribution is 5.80. The summed E-state index contributed by atoms with van der Waals surface area (Å²) in [7, 11) is 1.48. The molecule has 1 heterocycles. The number of nitrogens with one attached hydrogen (secondary N) is 1. The van der Waals surface area contributed by atoms with Gasteiger partial charge >= 0.3 is 5.97 Å². The second kappa shape index (κ2) is 6.02. The second-order valence-electron chi connectivity index (χ2n) is 7.25. The lowest BCUT2D eigenvalue weighted by Gasteiger charge is -2.33. The Balaban J connectivity index is 1.83. The summed E-state index contributed by atoms with van der Waals surface area (Å²) in [4.78, 5) is 14.6. The van der Waals surface area contributed by atoms with Gasteiger partial charge in [0.25, 0.3) is 0 Å². The SMILES string of the molecule is COC(=O)C(C)(CCCN1CCCC1(C)C)NC1CC1. The van der Waals surface area contributed by atoms with Gasteiger partial charge in [-0.15, -0.1) is 0 Å². The minimum absolute atomic E-state index is 0.120. The molecule has 1 aliphatic heterocycles. The van der Waals surface area contributed by atoms with Crippen molar-refractivity contribution in [2.75, 3.05) is 20.2 Å². The van der Waals surface area contributed by atoms with Gasteiger partial charge in [0.1, 0.15) is 5.54 Å². The van der Waals surface area contributed by atoms with Gasteiger partial charge in [-0.2, -0.15) is 0 Å². The molecule has 0 aromatic heterocycles. The third-order valence-electron chi connectivity index (χ3n) is 4.91. The molecule has 0 amide bonds. The molecule has 0 aromatic rings. The first-order chi connectivity index (χ1) is 9.37. The minimum Gasteiger partial charge on any atom is -0.468 e. The van der Waals surface area contributed by atoms with Crippen LogP contribution in [0.15, 0.2) is 0 Å². The van der Waals surface area contributed by atoms with E-state index in [0.29, 0.717) is 11.6 Å². The fourth-order valence-corrected chi connectivity index (χ4v) is 3.34. The topological polar surface area (TPSA) is 41.6 Å². The maximum absolute atomic E-state index is 12.1. The lowest BCUT2D eigenvalue weighted by atomic mass is 9.94. The number of carbonyl (C=O) groups is 1. The third kappa shape index (κ3) is 3.73. The number of ether oxygens (including phenoxy) is 1. The van der Waals surface area contributed by atoms with Gasteiger partial charge in [-0.1, -0.05) is 0 Å². The fraction of sp³-hybridized carbons (Fsp3) is 0.938. The summed E-state index contributed by atoms with van der Waals surface area (Å²) in [5.41, 5.74) is -0.189. The molecule has 1 unspecified atom stereocenters. The van der Waals surface area contributed by atoms with Crippen molar-refractivity contribution in [1.29, 1.82) is 0 Å². The maximum atomic E-state index is 12.1. The largest absolute Gasteiger partial charge is 0.468 e. The second-order valence-corrected chi connectivity index (χ2v) is 7.25. The summed E-state index contributed by atoms with van der Waals surface area (Å²) in [5.74, 6) is -0.120. The zero-order valence-corrected chi connectivity index (χ0v) is 13.5. The van der Waals surface area contributed by atoms with Crippen LogP contribution in [-0.4, -0.2) is 48.2 Å². The first-order valence-corrected chi connectivity index (χ1v) is 7.98. The molecule has 4 heteroatoms. The van der Waals surface area contributed by atoms with Crippen molar-refractivity contribution >= 4 is 5.97 Å². The van der Waals surface area contributed by atoms with Gasteiger partial charge in [-0.3, -0.25) is 15.0 Å². The van der Waals surface area contributed by atoms with Crippen molar-refractivity contribution in [3.63, 3.8) is 0 Å². The highest BCUT2D eigenvalue weighted by Crippen LogP contribution is 2.30. The number of methoxy groups -OCH3 is 1. The highest BCUT2D eigenvalue weighted by Gasteiger charge is 2.39. The molecule has 1 N–H and O–H groups in total. The molecule has 1 atom stereocenters. The van der Waals surface area contributed by atoms with E-state index in [4.69, 9.17) is 4.74 Å². The summed E-state index contributed by atoms with van der Waals surface area (Å²) in [6.07, 6.45) is 6.83. The van der Waals surface area contributed by atoms with Crippen LogP contribution < -0.4 is 5.32 Å². The first-order valence-electron chi connectivity index (χ1n) is 7.98. The van der Waals surface area contributed by atoms with Crippen molar-refractivity contribution in [3.05, 3.63) is 0 Å². The summed E-state index contributed by atoms with van der Waals surface area (Å²) < 4.78 is 4.99. The molecule has 116 valence electrons. The average molecular weight is 282 g/mol. The first kappa shape index (κ1) is 15.8. The lowest BCUT2D eigenvalue weighted by molar-refractivity contribution is -0.148. The molecular formula is C16H30N2O2. The predicted octanol–water partition coefficient (Wildman–Crippen LogP) is 2.32. The molecule has 1 saturated carbocycles. The van der Waals surface area contributed by atoms with E-state index in [2.05, 4.69) is 24.1 Å². The summed E-state index contributed by atoms with van der Waals surface area (Å²) in [5, 5.41) is 3.47. The fourth-order valence-electron chi connectivity index (χ4n) is 3.34. The van der Waals surface area contributed by atoms with Gasteiger partial charge in [0.15, 0.2) is 0 Å². The molecular weight excluding hydrogens is 252 g/mol. The van der Waals surface area contributed by atoms with E-state index in [1.54, 1.807) is 0 Å². The number of hydrogen-bond donors (Lipinski definition) is 1. The van der Waals surface area contributed by atoms with Crippen LogP contribution in [0.2, 0.25) is 0 Å². The van der Waals surface area contributed by atoms with E-state index < -0.39 is 5.54 Å². The minimum atomic E-state index is -0.514. The van der Waals surface area contributed by atoms with Crippen LogP contribution in [0.1, 0.15) is 59.3 Å². The number of carbonyl (C=O) groups excluding carboxylic acids is 1. The number of nitrogens with zero attached hydrogens (tertiary/aromatic N) is 1. The number of hydrogen-bond acceptors (Lipinski definition) is 4. The van der Waals surface area contributed by atoms with E-state index >= 15 is 0 Å². The molecule has 0 bridgehead atoms. The van der Waals surface area contributed by atoms with E-state index in [-0.39, 0.29) is 5.97 Å². The van der Waals surface area contributed by atoms with Crippen LogP contribution in [0.5, 0.6) is 0 Å². The summed E-state index contributed by atoms with van der Waals surface area (Å²) in [6, 6.07) is 0.516. The number of esters is 1. The van der Waals surface area contributed by atoms with Crippen LogP contribution in [0.3, 0.4) is 0 Å². The highest BCUT2D eigenvalue weighted by atomic mass is 16.5. The van der Waals surface area contributed by atoms with Gasteiger partial charge in [-0.05, 0) is 72.4 Å². The van der Waals surface area contributed by atoms with Gasteiger partial charge in [0.2, 0.25) is 0 Å². The Hall–Kier alpha value is -0.610. The quantitative estimate of drug-likeness (QED) is 0.728. The van der Waals surface area contributed by atoms with E-state index in [1.807, 2.05) is 6.92 Å². The van der Waals surface area contributed by atoms with Crippen LogP contribution >= 0.6 is 0 Å². The van der Waals surface area contributed by atoms with E-state index in [1.165, 1.54) is 39.3 Å². The Kier molecular flexibility index (Phi) is 4.75. The molecule has 20 heavy (non-hydrogen) atoms. The Morgan fingerprint density at radius 3 is 2.65 bits per heavy atom. The zero-order valence-electron chi connectivity index (χ0n) is 13.5. The smallest absolute Gasteiger partial charge is 0.325 e. The normalized spacial score (nSPS) is 25.4. The van der Waals surface area contributed by atoms with E-state index in [0.717, 1.165) is 19.4 Å².